The summed E-state index contributed by atoms with van der Waals surface area (Å²) in [5, 5.41) is 4.42. The molecule has 5 aromatic rings. The summed E-state index contributed by atoms with van der Waals surface area (Å²) in [6, 6.07) is 18.8. The highest BCUT2D eigenvalue weighted by Crippen LogP contribution is 2.28. The quantitative estimate of drug-likeness (QED) is 0.401. The smallest absolute Gasteiger partial charge is 0.258 e. The van der Waals surface area contributed by atoms with Crippen LogP contribution in [0.25, 0.3) is 45.4 Å². The second kappa shape index (κ2) is 6.34. The lowest BCUT2D eigenvalue weighted by Gasteiger charge is -1.94. The van der Waals surface area contributed by atoms with E-state index >= 15 is 0 Å². The van der Waals surface area contributed by atoms with Crippen LogP contribution in [0.5, 0.6) is 0 Å². The highest BCUT2D eigenvalue weighted by atomic mass is 35.5. The number of hydrogen-bond acceptors (Lipinski definition) is 6. The molecule has 27 heavy (non-hydrogen) atoms. The van der Waals surface area contributed by atoms with Crippen molar-refractivity contribution in [3.8, 4) is 34.3 Å². The first kappa shape index (κ1) is 15.7. The molecule has 5 rings (SSSR count). The summed E-state index contributed by atoms with van der Waals surface area (Å²) in [7, 11) is 0. The van der Waals surface area contributed by atoms with E-state index in [1.165, 1.54) is 0 Å². The fourth-order valence-corrected chi connectivity index (χ4v) is 2.94. The van der Waals surface area contributed by atoms with Gasteiger partial charge in [-0.3, -0.25) is 0 Å². The molecule has 0 spiro atoms. The van der Waals surface area contributed by atoms with Crippen molar-refractivity contribution in [2.75, 3.05) is 0 Å². The monoisotopic (exact) mass is 374 g/mol. The van der Waals surface area contributed by atoms with E-state index in [1.807, 2.05) is 48.5 Å². The minimum atomic E-state index is 0.365. The van der Waals surface area contributed by atoms with Crippen molar-refractivity contribution >= 4 is 22.7 Å². The molecule has 0 radical (unpaired) electrons. The number of pyridine rings is 1. The third kappa shape index (κ3) is 2.96. The zero-order valence-electron chi connectivity index (χ0n) is 13.8. The van der Waals surface area contributed by atoms with Crippen LogP contribution in [0.15, 0.2) is 75.8 Å². The number of aromatic nitrogens is 4. The van der Waals surface area contributed by atoms with Crippen LogP contribution < -0.4 is 0 Å². The molecular formula is C20H11ClN4O2. The molecule has 0 unspecified atom stereocenters. The van der Waals surface area contributed by atoms with Crippen molar-refractivity contribution in [3.63, 3.8) is 0 Å². The van der Waals surface area contributed by atoms with Gasteiger partial charge in [-0.25, -0.2) is 9.97 Å². The van der Waals surface area contributed by atoms with Crippen molar-refractivity contribution in [2.45, 2.75) is 0 Å². The minimum absolute atomic E-state index is 0.365. The molecule has 0 atom stereocenters. The number of hydrogen-bond donors (Lipinski definition) is 0. The van der Waals surface area contributed by atoms with Crippen molar-refractivity contribution in [2.24, 2.45) is 0 Å². The molecule has 130 valence electrons. The summed E-state index contributed by atoms with van der Waals surface area (Å²) in [5.41, 5.74) is 3.84. The Hall–Kier alpha value is -3.51. The standard InChI is InChI=1S/C20H11ClN4O2/c21-17-11-14(8-9-22-17)20-24-18(25-27-20)13-6-7-16-15(10-13)23-19(26-16)12-4-2-1-3-5-12/h1-11H. The van der Waals surface area contributed by atoms with E-state index in [2.05, 4.69) is 20.1 Å². The van der Waals surface area contributed by atoms with Gasteiger partial charge in [0.1, 0.15) is 10.7 Å². The van der Waals surface area contributed by atoms with E-state index in [1.54, 1.807) is 18.3 Å². The average Bonchev–Trinajstić information content (AvgIpc) is 3.35. The molecule has 0 aliphatic carbocycles. The maximum Gasteiger partial charge on any atom is 0.258 e. The predicted octanol–water partition coefficient (Wildman–Crippen LogP) is 5.26. The second-order valence-electron chi connectivity index (χ2n) is 5.86. The molecule has 3 aromatic heterocycles. The summed E-state index contributed by atoms with van der Waals surface area (Å²) >= 11 is 5.92. The molecule has 0 fully saturated rings. The predicted molar refractivity (Wildman–Crippen MR) is 101 cm³/mol. The van der Waals surface area contributed by atoms with Crippen LogP contribution >= 0.6 is 11.6 Å². The molecule has 0 amide bonds. The lowest BCUT2D eigenvalue weighted by Crippen LogP contribution is -1.82. The first-order chi connectivity index (χ1) is 13.3. The number of nitrogens with zero attached hydrogens (tertiary/aromatic N) is 4. The molecule has 0 saturated carbocycles. The number of rotatable bonds is 3. The Balaban J connectivity index is 1.52. The van der Waals surface area contributed by atoms with Gasteiger partial charge in [-0.05, 0) is 42.5 Å². The molecule has 0 saturated heterocycles. The van der Waals surface area contributed by atoms with Gasteiger partial charge in [0.25, 0.3) is 5.89 Å². The molecule has 0 N–H and O–H groups in total. The molecular weight excluding hydrogens is 364 g/mol. The van der Waals surface area contributed by atoms with E-state index in [0.29, 0.717) is 33.9 Å². The topological polar surface area (TPSA) is 77.8 Å². The molecule has 2 aromatic carbocycles. The third-order valence-electron chi connectivity index (χ3n) is 4.07. The average molecular weight is 375 g/mol. The summed E-state index contributed by atoms with van der Waals surface area (Å²) in [6.07, 6.45) is 1.59. The highest BCUT2D eigenvalue weighted by Gasteiger charge is 2.14. The lowest BCUT2D eigenvalue weighted by atomic mass is 10.2. The normalized spacial score (nSPS) is 11.1. The zero-order chi connectivity index (χ0) is 18.2. The molecule has 0 aliphatic heterocycles. The molecule has 0 bridgehead atoms. The van der Waals surface area contributed by atoms with Crippen LogP contribution in [0.1, 0.15) is 0 Å². The van der Waals surface area contributed by atoms with E-state index in [4.69, 9.17) is 20.5 Å². The largest absolute Gasteiger partial charge is 0.436 e. The van der Waals surface area contributed by atoms with Gasteiger partial charge in [0.05, 0.1) is 0 Å². The second-order valence-corrected chi connectivity index (χ2v) is 6.25. The van der Waals surface area contributed by atoms with Crippen LogP contribution in [0.4, 0.5) is 0 Å². The van der Waals surface area contributed by atoms with Crippen LogP contribution in [0.3, 0.4) is 0 Å². The summed E-state index contributed by atoms with van der Waals surface area (Å²) in [6.45, 7) is 0. The van der Waals surface area contributed by atoms with Crippen molar-refractivity contribution in [3.05, 3.63) is 72.0 Å². The van der Waals surface area contributed by atoms with Crippen molar-refractivity contribution in [1.82, 2.24) is 20.1 Å². The molecule has 7 heteroatoms. The molecule has 0 aliphatic rings. The van der Waals surface area contributed by atoms with Crippen LogP contribution in [0, 0.1) is 0 Å². The van der Waals surface area contributed by atoms with Crippen LogP contribution in [-0.4, -0.2) is 20.1 Å². The Kier molecular flexibility index (Phi) is 3.69. The Morgan fingerprint density at radius 1 is 0.778 bits per heavy atom. The third-order valence-corrected chi connectivity index (χ3v) is 4.27. The fourth-order valence-electron chi connectivity index (χ4n) is 2.76. The van der Waals surface area contributed by atoms with E-state index in [0.717, 1.165) is 16.6 Å². The van der Waals surface area contributed by atoms with Gasteiger partial charge in [-0.15, -0.1) is 0 Å². The Morgan fingerprint density at radius 3 is 2.52 bits per heavy atom. The van der Waals surface area contributed by atoms with Crippen LogP contribution in [0.2, 0.25) is 5.15 Å². The minimum Gasteiger partial charge on any atom is -0.436 e. The molecule has 6 nitrogen and oxygen atoms in total. The van der Waals surface area contributed by atoms with E-state index in [9.17, 15) is 0 Å². The first-order valence-corrected chi connectivity index (χ1v) is 8.56. The summed E-state index contributed by atoms with van der Waals surface area (Å²) in [5.74, 6) is 1.41. The maximum atomic E-state index is 5.92. The Labute approximate surface area is 158 Å². The van der Waals surface area contributed by atoms with Crippen molar-refractivity contribution in [1.29, 1.82) is 0 Å². The SMILES string of the molecule is Clc1cc(-c2nc(-c3ccc4oc(-c5ccccc5)nc4c3)no2)ccn1. The molecule has 3 heterocycles. The van der Waals surface area contributed by atoms with Gasteiger partial charge >= 0.3 is 0 Å². The zero-order valence-corrected chi connectivity index (χ0v) is 14.6. The Morgan fingerprint density at radius 2 is 1.67 bits per heavy atom. The van der Waals surface area contributed by atoms with Gasteiger partial charge in [-0.2, -0.15) is 4.98 Å². The highest BCUT2D eigenvalue weighted by molar-refractivity contribution is 6.29. The summed E-state index contributed by atoms with van der Waals surface area (Å²) < 4.78 is 11.2. The number of fused-ring (bicyclic) bond motifs is 1. The van der Waals surface area contributed by atoms with E-state index in [-0.39, 0.29) is 0 Å². The fraction of sp³-hybridized carbons (Fsp3) is 0. The number of oxazole rings is 1. The van der Waals surface area contributed by atoms with Gasteiger partial charge in [0.2, 0.25) is 11.7 Å². The number of halogens is 1. The van der Waals surface area contributed by atoms with Crippen LogP contribution in [-0.2, 0) is 0 Å². The summed E-state index contributed by atoms with van der Waals surface area (Å²) in [4.78, 5) is 13.0. The van der Waals surface area contributed by atoms with Crippen molar-refractivity contribution < 1.29 is 8.94 Å². The lowest BCUT2D eigenvalue weighted by molar-refractivity contribution is 0.432. The van der Waals surface area contributed by atoms with Gasteiger partial charge in [0, 0.05) is 22.9 Å². The van der Waals surface area contributed by atoms with Gasteiger partial charge in [0.15, 0.2) is 5.58 Å². The van der Waals surface area contributed by atoms with E-state index < -0.39 is 0 Å². The maximum absolute atomic E-state index is 5.92. The number of benzene rings is 2. The van der Waals surface area contributed by atoms with Gasteiger partial charge in [-0.1, -0.05) is 35.0 Å². The van der Waals surface area contributed by atoms with Gasteiger partial charge < -0.3 is 8.94 Å². The Bertz CT molecular complexity index is 1250. The first-order valence-electron chi connectivity index (χ1n) is 8.18.